The zero-order valence-electron chi connectivity index (χ0n) is 7.53. The lowest BCUT2D eigenvalue weighted by atomic mass is 10.2. The summed E-state index contributed by atoms with van der Waals surface area (Å²) in [5.74, 6) is -0.244. The first-order valence-electron chi connectivity index (χ1n) is 4.24. The van der Waals surface area contributed by atoms with Gasteiger partial charge in [-0.05, 0) is 24.1 Å². The van der Waals surface area contributed by atoms with Crippen LogP contribution in [-0.4, -0.2) is 12.8 Å². The molecular formula is C10H12FNO. The van der Waals surface area contributed by atoms with Crippen molar-refractivity contribution >= 4 is 6.21 Å². The highest BCUT2D eigenvalue weighted by Gasteiger charge is 1.88. The first-order chi connectivity index (χ1) is 6.33. The first kappa shape index (κ1) is 9.71. The molecule has 0 aliphatic heterocycles. The summed E-state index contributed by atoms with van der Waals surface area (Å²) in [5, 5.41) is 3.71. The molecule has 0 spiro atoms. The normalized spacial score (nSPS) is 10.6. The third-order valence-corrected chi connectivity index (χ3v) is 1.44. The summed E-state index contributed by atoms with van der Waals surface area (Å²) in [7, 11) is 0. The van der Waals surface area contributed by atoms with Crippen LogP contribution in [0.1, 0.15) is 18.9 Å². The van der Waals surface area contributed by atoms with Crippen LogP contribution >= 0.6 is 0 Å². The minimum absolute atomic E-state index is 0.244. The van der Waals surface area contributed by atoms with E-state index in [2.05, 4.69) is 5.16 Å². The molecular weight excluding hydrogens is 169 g/mol. The molecule has 0 radical (unpaired) electrons. The van der Waals surface area contributed by atoms with E-state index in [1.807, 2.05) is 6.92 Å². The second-order valence-electron chi connectivity index (χ2n) is 2.62. The van der Waals surface area contributed by atoms with Gasteiger partial charge in [0.1, 0.15) is 12.4 Å². The largest absolute Gasteiger partial charge is 0.396 e. The first-order valence-corrected chi connectivity index (χ1v) is 4.24. The maximum Gasteiger partial charge on any atom is 0.123 e. The van der Waals surface area contributed by atoms with Crippen LogP contribution in [0.25, 0.3) is 0 Å². The lowest BCUT2D eigenvalue weighted by Gasteiger charge is -1.94. The van der Waals surface area contributed by atoms with Gasteiger partial charge in [-0.2, -0.15) is 0 Å². The molecule has 0 aromatic heterocycles. The lowest BCUT2D eigenvalue weighted by molar-refractivity contribution is 0.146. The molecule has 0 unspecified atom stereocenters. The molecule has 0 saturated heterocycles. The zero-order chi connectivity index (χ0) is 9.52. The molecule has 3 heteroatoms. The Hall–Kier alpha value is -1.38. The van der Waals surface area contributed by atoms with Gasteiger partial charge in [0.05, 0.1) is 6.21 Å². The molecule has 13 heavy (non-hydrogen) atoms. The fourth-order valence-corrected chi connectivity index (χ4v) is 0.791. The predicted octanol–water partition coefficient (Wildman–Crippen LogP) is 2.59. The van der Waals surface area contributed by atoms with Gasteiger partial charge in [0.15, 0.2) is 0 Å². The predicted molar refractivity (Wildman–Crippen MR) is 50.2 cm³/mol. The van der Waals surface area contributed by atoms with Crippen molar-refractivity contribution in [3.05, 3.63) is 35.6 Å². The Kier molecular flexibility index (Phi) is 3.96. The monoisotopic (exact) mass is 181 g/mol. The van der Waals surface area contributed by atoms with Crippen LogP contribution in [0, 0.1) is 5.82 Å². The van der Waals surface area contributed by atoms with E-state index in [1.54, 1.807) is 18.3 Å². The Morgan fingerprint density at radius 3 is 2.69 bits per heavy atom. The number of halogens is 1. The number of nitrogens with zero attached hydrogens (tertiary/aromatic N) is 1. The van der Waals surface area contributed by atoms with Crippen molar-refractivity contribution in [3.8, 4) is 0 Å². The average molecular weight is 181 g/mol. The number of rotatable bonds is 4. The molecule has 1 aromatic rings. The quantitative estimate of drug-likeness (QED) is 0.397. The van der Waals surface area contributed by atoms with Gasteiger partial charge in [-0.25, -0.2) is 4.39 Å². The van der Waals surface area contributed by atoms with Gasteiger partial charge in [-0.1, -0.05) is 24.2 Å². The summed E-state index contributed by atoms with van der Waals surface area (Å²) >= 11 is 0. The van der Waals surface area contributed by atoms with Gasteiger partial charge in [0, 0.05) is 0 Å². The van der Waals surface area contributed by atoms with Crippen molar-refractivity contribution in [1.82, 2.24) is 0 Å². The van der Waals surface area contributed by atoms with Crippen molar-refractivity contribution in [2.75, 3.05) is 6.61 Å². The molecule has 0 saturated carbocycles. The van der Waals surface area contributed by atoms with Crippen molar-refractivity contribution in [1.29, 1.82) is 0 Å². The summed E-state index contributed by atoms with van der Waals surface area (Å²) in [4.78, 5) is 4.89. The van der Waals surface area contributed by atoms with Gasteiger partial charge >= 0.3 is 0 Å². The standard InChI is InChI=1S/C10H12FNO/c1-2-7-13-12-8-9-3-5-10(11)6-4-9/h3-6,8H,2,7H2,1H3. The molecule has 0 aliphatic rings. The maximum atomic E-state index is 12.5. The summed E-state index contributed by atoms with van der Waals surface area (Å²) in [6.07, 6.45) is 2.50. The minimum atomic E-state index is -0.244. The highest BCUT2D eigenvalue weighted by molar-refractivity contribution is 5.78. The third kappa shape index (κ3) is 3.69. The Balaban J connectivity index is 2.44. The molecule has 1 aromatic carbocycles. The van der Waals surface area contributed by atoms with Crippen LogP contribution in [0.2, 0.25) is 0 Å². The maximum absolute atomic E-state index is 12.5. The van der Waals surface area contributed by atoms with Gasteiger partial charge in [0.25, 0.3) is 0 Å². The molecule has 0 aliphatic carbocycles. The van der Waals surface area contributed by atoms with Gasteiger partial charge in [-0.15, -0.1) is 0 Å². The number of hydrogen-bond donors (Lipinski definition) is 0. The van der Waals surface area contributed by atoms with E-state index in [0.29, 0.717) is 6.61 Å². The van der Waals surface area contributed by atoms with Crippen LogP contribution in [-0.2, 0) is 4.84 Å². The fraction of sp³-hybridized carbons (Fsp3) is 0.300. The zero-order valence-corrected chi connectivity index (χ0v) is 7.53. The van der Waals surface area contributed by atoms with Gasteiger partial charge in [-0.3, -0.25) is 0 Å². The van der Waals surface area contributed by atoms with E-state index in [0.717, 1.165) is 12.0 Å². The molecule has 0 fully saturated rings. The summed E-state index contributed by atoms with van der Waals surface area (Å²) in [6.45, 7) is 2.62. The number of oxime groups is 1. The summed E-state index contributed by atoms with van der Waals surface area (Å²) in [5.41, 5.74) is 0.831. The highest BCUT2D eigenvalue weighted by atomic mass is 19.1. The van der Waals surface area contributed by atoms with E-state index in [9.17, 15) is 4.39 Å². The Morgan fingerprint density at radius 2 is 2.08 bits per heavy atom. The number of hydrogen-bond acceptors (Lipinski definition) is 2. The van der Waals surface area contributed by atoms with Crippen molar-refractivity contribution in [2.45, 2.75) is 13.3 Å². The van der Waals surface area contributed by atoms with Crippen LogP contribution in [0.15, 0.2) is 29.4 Å². The Labute approximate surface area is 77.0 Å². The van der Waals surface area contributed by atoms with Crippen molar-refractivity contribution in [2.24, 2.45) is 5.16 Å². The van der Waals surface area contributed by atoms with E-state index < -0.39 is 0 Å². The topological polar surface area (TPSA) is 21.6 Å². The lowest BCUT2D eigenvalue weighted by Crippen LogP contribution is -1.86. The van der Waals surface area contributed by atoms with E-state index >= 15 is 0 Å². The Morgan fingerprint density at radius 1 is 1.38 bits per heavy atom. The van der Waals surface area contributed by atoms with Crippen LogP contribution < -0.4 is 0 Å². The van der Waals surface area contributed by atoms with Crippen molar-refractivity contribution < 1.29 is 9.23 Å². The highest BCUT2D eigenvalue weighted by Crippen LogP contribution is 1.99. The van der Waals surface area contributed by atoms with Crippen LogP contribution in [0.4, 0.5) is 4.39 Å². The fourth-order valence-electron chi connectivity index (χ4n) is 0.791. The van der Waals surface area contributed by atoms with Crippen molar-refractivity contribution in [3.63, 3.8) is 0 Å². The second-order valence-corrected chi connectivity index (χ2v) is 2.62. The SMILES string of the molecule is CCCON=Cc1ccc(F)cc1. The average Bonchev–Trinajstić information content (AvgIpc) is 2.15. The van der Waals surface area contributed by atoms with E-state index in [1.165, 1.54) is 12.1 Å². The molecule has 0 bridgehead atoms. The Bertz CT molecular complexity index is 269. The molecule has 2 nitrogen and oxygen atoms in total. The second kappa shape index (κ2) is 5.30. The third-order valence-electron chi connectivity index (χ3n) is 1.44. The smallest absolute Gasteiger partial charge is 0.123 e. The van der Waals surface area contributed by atoms with E-state index in [-0.39, 0.29) is 5.82 Å². The van der Waals surface area contributed by atoms with Gasteiger partial charge < -0.3 is 4.84 Å². The minimum Gasteiger partial charge on any atom is -0.396 e. The van der Waals surface area contributed by atoms with Crippen LogP contribution in [0.5, 0.6) is 0 Å². The molecule has 0 amide bonds. The summed E-state index contributed by atoms with van der Waals surface area (Å²) < 4.78 is 12.5. The molecule has 0 atom stereocenters. The van der Waals surface area contributed by atoms with E-state index in [4.69, 9.17) is 4.84 Å². The molecule has 70 valence electrons. The van der Waals surface area contributed by atoms with Gasteiger partial charge in [0.2, 0.25) is 0 Å². The summed E-state index contributed by atoms with van der Waals surface area (Å²) in [6, 6.07) is 6.07. The van der Waals surface area contributed by atoms with Crippen LogP contribution in [0.3, 0.4) is 0 Å². The molecule has 0 N–H and O–H groups in total. The molecule has 1 rings (SSSR count). The number of benzene rings is 1. The molecule has 0 heterocycles.